The zero-order valence-electron chi connectivity index (χ0n) is 17.1. The number of hydrogen-bond donors (Lipinski definition) is 6. The number of hydrogen-bond acceptors (Lipinski definition) is 7. The monoisotopic (exact) mass is 428 g/mol. The summed E-state index contributed by atoms with van der Waals surface area (Å²) in [4.78, 5) is 3.25. The molecule has 2 aromatic carbocycles. The summed E-state index contributed by atoms with van der Waals surface area (Å²) in [5, 5.41) is 43.8. The van der Waals surface area contributed by atoms with Crippen LogP contribution in [0.4, 0.5) is 0 Å². The first kappa shape index (κ1) is 21.8. The molecule has 1 saturated heterocycles. The SMILES string of the molecule is O[C@@H]1[C@H](O)CO[C@](O)(CNCCc2c[nH]c3ccc(OCc4ccccc4)cc23)[C@@H]1O. The summed E-state index contributed by atoms with van der Waals surface area (Å²) in [6.07, 6.45) is -1.67. The van der Waals surface area contributed by atoms with Gasteiger partial charge < -0.3 is 40.2 Å². The summed E-state index contributed by atoms with van der Waals surface area (Å²) in [7, 11) is 0. The van der Waals surface area contributed by atoms with Crippen LogP contribution in [0.1, 0.15) is 11.1 Å². The van der Waals surface area contributed by atoms with Crippen molar-refractivity contribution in [2.75, 3.05) is 19.7 Å². The Morgan fingerprint density at radius 3 is 2.74 bits per heavy atom. The van der Waals surface area contributed by atoms with Gasteiger partial charge in [0, 0.05) is 17.1 Å². The molecule has 0 bridgehead atoms. The average Bonchev–Trinajstić information content (AvgIpc) is 3.20. The Bertz CT molecular complexity index is 994. The van der Waals surface area contributed by atoms with Gasteiger partial charge >= 0.3 is 0 Å². The summed E-state index contributed by atoms with van der Waals surface area (Å²) in [6.45, 7) is 0.685. The van der Waals surface area contributed by atoms with E-state index in [0.717, 1.165) is 27.8 Å². The molecule has 2 heterocycles. The third-order valence-corrected chi connectivity index (χ3v) is 5.62. The molecule has 1 aliphatic rings. The molecule has 6 N–H and O–H groups in total. The first-order valence-corrected chi connectivity index (χ1v) is 10.3. The van der Waals surface area contributed by atoms with Crippen molar-refractivity contribution in [1.29, 1.82) is 0 Å². The quantitative estimate of drug-likeness (QED) is 0.291. The Morgan fingerprint density at radius 2 is 1.94 bits per heavy atom. The Morgan fingerprint density at radius 1 is 1.13 bits per heavy atom. The van der Waals surface area contributed by atoms with E-state index in [4.69, 9.17) is 9.47 Å². The van der Waals surface area contributed by atoms with E-state index in [-0.39, 0.29) is 13.2 Å². The molecule has 4 rings (SSSR count). The van der Waals surface area contributed by atoms with Gasteiger partial charge in [-0.1, -0.05) is 30.3 Å². The topological polar surface area (TPSA) is 127 Å². The second-order valence-corrected chi connectivity index (χ2v) is 7.88. The van der Waals surface area contributed by atoms with Crippen LogP contribution in [0, 0.1) is 0 Å². The highest BCUT2D eigenvalue weighted by Crippen LogP contribution is 2.25. The van der Waals surface area contributed by atoms with Crippen molar-refractivity contribution < 1.29 is 29.9 Å². The maximum Gasteiger partial charge on any atom is 0.207 e. The number of benzene rings is 2. The molecule has 4 atom stereocenters. The second kappa shape index (κ2) is 9.35. The van der Waals surface area contributed by atoms with Crippen LogP contribution in [-0.4, -0.2) is 69.2 Å². The van der Waals surface area contributed by atoms with Crippen molar-refractivity contribution in [2.45, 2.75) is 37.1 Å². The predicted molar refractivity (Wildman–Crippen MR) is 115 cm³/mol. The lowest BCUT2D eigenvalue weighted by Crippen LogP contribution is -2.64. The number of ether oxygens (including phenoxy) is 2. The normalized spacial score (nSPS) is 26.3. The van der Waals surface area contributed by atoms with Gasteiger partial charge in [0.05, 0.1) is 13.2 Å². The van der Waals surface area contributed by atoms with E-state index in [1.165, 1.54) is 0 Å². The number of aromatic amines is 1. The molecule has 0 saturated carbocycles. The second-order valence-electron chi connectivity index (χ2n) is 7.88. The lowest BCUT2D eigenvalue weighted by Gasteiger charge is -2.41. The Hall–Kier alpha value is -2.46. The number of aliphatic hydroxyl groups excluding tert-OH is 3. The summed E-state index contributed by atoms with van der Waals surface area (Å²) in [6, 6.07) is 15.9. The van der Waals surface area contributed by atoms with Crippen LogP contribution in [0.5, 0.6) is 5.75 Å². The van der Waals surface area contributed by atoms with Crippen molar-refractivity contribution in [1.82, 2.24) is 10.3 Å². The highest BCUT2D eigenvalue weighted by molar-refractivity contribution is 5.84. The number of aromatic nitrogens is 1. The third-order valence-electron chi connectivity index (χ3n) is 5.62. The smallest absolute Gasteiger partial charge is 0.207 e. The van der Waals surface area contributed by atoms with Gasteiger partial charge in [0.2, 0.25) is 5.79 Å². The van der Waals surface area contributed by atoms with Crippen LogP contribution < -0.4 is 10.1 Å². The van der Waals surface area contributed by atoms with E-state index < -0.39 is 24.1 Å². The zero-order valence-corrected chi connectivity index (χ0v) is 17.1. The highest BCUT2D eigenvalue weighted by atomic mass is 16.6. The Labute approximate surface area is 180 Å². The van der Waals surface area contributed by atoms with Crippen LogP contribution in [0.15, 0.2) is 54.7 Å². The summed E-state index contributed by atoms with van der Waals surface area (Å²) in [5.41, 5.74) is 3.19. The van der Waals surface area contributed by atoms with Gasteiger partial charge in [-0.05, 0) is 42.3 Å². The maximum atomic E-state index is 10.4. The fourth-order valence-corrected chi connectivity index (χ4v) is 3.73. The van der Waals surface area contributed by atoms with Crippen LogP contribution in [0.25, 0.3) is 10.9 Å². The van der Waals surface area contributed by atoms with Gasteiger partial charge in [-0.3, -0.25) is 0 Å². The number of nitrogens with one attached hydrogen (secondary N) is 2. The summed E-state index contributed by atoms with van der Waals surface area (Å²) < 4.78 is 11.1. The molecule has 0 aliphatic carbocycles. The molecule has 1 aromatic heterocycles. The van der Waals surface area contributed by atoms with E-state index in [2.05, 4.69) is 10.3 Å². The van der Waals surface area contributed by atoms with Crippen LogP contribution in [-0.2, 0) is 17.8 Å². The Kier molecular flexibility index (Phi) is 6.57. The van der Waals surface area contributed by atoms with Crippen molar-refractivity contribution in [2.24, 2.45) is 0 Å². The minimum atomic E-state index is -1.95. The van der Waals surface area contributed by atoms with Gasteiger partial charge in [0.25, 0.3) is 0 Å². The molecule has 1 aliphatic heterocycles. The number of fused-ring (bicyclic) bond motifs is 1. The molecular formula is C23H28N2O6. The van der Waals surface area contributed by atoms with Gasteiger partial charge in [0.15, 0.2) is 0 Å². The predicted octanol–water partition coefficient (Wildman–Crippen LogP) is 0.680. The van der Waals surface area contributed by atoms with Crippen LogP contribution in [0.2, 0.25) is 0 Å². The highest BCUT2D eigenvalue weighted by Gasteiger charge is 2.48. The zero-order chi connectivity index (χ0) is 21.8. The standard InChI is InChI=1S/C23H28N2O6/c26-20-13-31-23(29,22(28)21(20)27)14-24-9-8-16-11-25-19-7-6-17(10-18(16)19)30-12-15-4-2-1-3-5-15/h1-7,10-11,20-22,24-29H,8-9,12-14H2/t20-,21-,22-,23-/m1/s1. The van der Waals surface area contributed by atoms with E-state index in [1.807, 2.05) is 54.7 Å². The third kappa shape index (κ3) is 4.90. The van der Waals surface area contributed by atoms with Gasteiger partial charge in [-0.2, -0.15) is 0 Å². The first-order valence-electron chi connectivity index (χ1n) is 10.3. The molecule has 0 radical (unpaired) electrons. The minimum Gasteiger partial charge on any atom is -0.489 e. The maximum absolute atomic E-state index is 10.4. The lowest BCUT2D eigenvalue weighted by atomic mass is 9.97. The molecule has 0 spiro atoms. The number of H-pyrrole nitrogens is 1. The molecular weight excluding hydrogens is 400 g/mol. The molecule has 8 nitrogen and oxygen atoms in total. The van der Waals surface area contributed by atoms with E-state index in [1.54, 1.807) is 0 Å². The van der Waals surface area contributed by atoms with E-state index >= 15 is 0 Å². The Balaban J connectivity index is 1.33. The van der Waals surface area contributed by atoms with Crippen LogP contribution in [0.3, 0.4) is 0 Å². The molecule has 166 valence electrons. The minimum absolute atomic E-state index is 0.0776. The van der Waals surface area contributed by atoms with E-state index in [9.17, 15) is 20.4 Å². The van der Waals surface area contributed by atoms with Crippen molar-refractivity contribution >= 4 is 10.9 Å². The number of rotatable bonds is 8. The fourth-order valence-electron chi connectivity index (χ4n) is 3.73. The summed E-state index contributed by atoms with van der Waals surface area (Å²) in [5.74, 6) is -1.16. The van der Waals surface area contributed by atoms with Gasteiger partial charge in [-0.25, -0.2) is 0 Å². The van der Waals surface area contributed by atoms with E-state index in [0.29, 0.717) is 19.6 Å². The molecule has 8 heteroatoms. The molecule has 0 amide bonds. The fraction of sp³-hybridized carbons (Fsp3) is 0.391. The van der Waals surface area contributed by atoms with Crippen molar-refractivity contribution in [3.63, 3.8) is 0 Å². The van der Waals surface area contributed by atoms with Crippen molar-refractivity contribution in [3.05, 3.63) is 65.9 Å². The lowest BCUT2D eigenvalue weighted by molar-refractivity contribution is -0.317. The average molecular weight is 428 g/mol. The molecule has 1 fully saturated rings. The first-order chi connectivity index (χ1) is 15.0. The van der Waals surface area contributed by atoms with Gasteiger partial charge in [-0.15, -0.1) is 0 Å². The number of aliphatic hydroxyl groups is 4. The van der Waals surface area contributed by atoms with Gasteiger partial charge in [0.1, 0.15) is 30.7 Å². The molecule has 31 heavy (non-hydrogen) atoms. The van der Waals surface area contributed by atoms with Crippen LogP contribution >= 0.6 is 0 Å². The van der Waals surface area contributed by atoms with Crippen molar-refractivity contribution in [3.8, 4) is 5.75 Å². The molecule has 3 aromatic rings. The largest absolute Gasteiger partial charge is 0.489 e. The summed E-state index contributed by atoms with van der Waals surface area (Å²) >= 11 is 0. The molecule has 0 unspecified atom stereocenters.